The maximum atomic E-state index is 13.9. The van der Waals surface area contributed by atoms with Crippen LogP contribution in [-0.2, 0) is 11.8 Å². The maximum absolute atomic E-state index is 13.9. The van der Waals surface area contributed by atoms with Gasteiger partial charge in [-0.15, -0.1) is 0 Å². The predicted molar refractivity (Wildman–Crippen MR) is 81.6 cm³/mol. The number of hydrogen-bond acceptors (Lipinski definition) is 3. The summed E-state index contributed by atoms with van der Waals surface area (Å²) in [5.41, 5.74) is 1.41. The van der Waals surface area contributed by atoms with E-state index in [0.29, 0.717) is 11.8 Å². The van der Waals surface area contributed by atoms with Crippen LogP contribution in [0.15, 0.2) is 36.4 Å². The van der Waals surface area contributed by atoms with E-state index in [1.165, 1.54) is 24.3 Å². The van der Waals surface area contributed by atoms with Gasteiger partial charge in [0.05, 0.1) is 4.92 Å². The highest BCUT2D eigenvalue weighted by molar-refractivity contribution is 9.08. The number of halogens is 2. The topological polar surface area (TPSA) is 52.4 Å². The Labute approximate surface area is 129 Å². The minimum Gasteiger partial charge on any atom is -0.447 e. The van der Waals surface area contributed by atoms with Crippen molar-refractivity contribution in [2.24, 2.45) is 0 Å². The van der Waals surface area contributed by atoms with Gasteiger partial charge in [0.25, 0.3) is 0 Å². The van der Waals surface area contributed by atoms with Gasteiger partial charge in [-0.3, -0.25) is 10.1 Å². The second kappa shape index (κ2) is 6.67. The van der Waals surface area contributed by atoms with Crippen LogP contribution in [0.2, 0.25) is 0 Å². The van der Waals surface area contributed by atoms with Gasteiger partial charge in [-0.1, -0.05) is 35.0 Å². The number of benzene rings is 2. The molecule has 2 aromatic rings. The lowest BCUT2D eigenvalue weighted by Crippen LogP contribution is -1.96. The Morgan fingerprint density at radius 2 is 1.86 bits per heavy atom. The van der Waals surface area contributed by atoms with Crippen molar-refractivity contribution in [1.82, 2.24) is 0 Å². The highest BCUT2D eigenvalue weighted by atomic mass is 79.9. The number of nitrogens with zero attached hydrogens (tertiary/aromatic N) is 1. The molecule has 6 heteroatoms. The Balaban J connectivity index is 2.37. The van der Waals surface area contributed by atoms with E-state index in [9.17, 15) is 14.5 Å². The molecule has 0 amide bonds. The number of aryl methyl sites for hydroxylation is 1. The zero-order valence-electron chi connectivity index (χ0n) is 11.3. The molecule has 2 aromatic carbocycles. The average molecular weight is 354 g/mol. The van der Waals surface area contributed by atoms with Crippen LogP contribution in [0.25, 0.3) is 0 Å². The van der Waals surface area contributed by atoms with E-state index in [2.05, 4.69) is 15.9 Å². The van der Waals surface area contributed by atoms with E-state index in [0.717, 1.165) is 11.1 Å². The number of ether oxygens (including phenoxy) is 1. The maximum Gasteiger partial charge on any atom is 0.311 e. The fraction of sp³-hybridized carbons (Fsp3) is 0.200. The first-order chi connectivity index (χ1) is 10.0. The fourth-order valence-corrected chi connectivity index (χ4v) is 2.19. The van der Waals surface area contributed by atoms with Crippen molar-refractivity contribution < 1.29 is 14.1 Å². The standard InChI is InChI=1S/C15H13BrFNO3/c1-2-10-3-6-15(13(8-10)18(19)20)21-14-5-4-11(9-16)7-12(14)17/h3-8H,2,9H2,1H3. The van der Waals surface area contributed by atoms with Crippen molar-refractivity contribution in [3.8, 4) is 11.5 Å². The van der Waals surface area contributed by atoms with Crippen LogP contribution >= 0.6 is 15.9 Å². The van der Waals surface area contributed by atoms with Gasteiger partial charge in [-0.25, -0.2) is 4.39 Å². The lowest BCUT2D eigenvalue weighted by Gasteiger charge is -2.09. The van der Waals surface area contributed by atoms with Crippen molar-refractivity contribution in [3.05, 3.63) is 63.5 Å². The number of hydrogen-bond donors (Lipinski definition) is 0. The third kappa shape index (κ3) is 3.58. The van der Waals surface area contributed by atoms with E-state index in [1.54, 1.807) is 12.1 Å². The van der Waals surface area contributed by atoms with Gasteiger partial charge in [0, 0.05) is 11.4 Å². The second-order valence-electron chi connectivity index (χ2n) is 4.41. The minimum atomic E-state index is -0.555. The normalized spacial score (nSPS) is 10.4. The van der Waals surface area contributed by atoms with Gasteiger partial charge in [0.15, 0.2) is 11.6 Å². The van der Waals surface area contributed by atoms with Gasteiger partial charge < -0.3 is 4.74 Å². The summed E-state index contributed by atoms with van der Waals surface area (Å²) in [5.74, 6) is -0.560. The SMILES string of the molecule is CCc1ccc(Oc2ccc(CBr)cc2F)c([N+](=O)[O-])c1. The molecular formula is C15H13BrFNO3. The largest absolute Gasteiger partial charge is 0.447 e. The summed E-state index contributed by atoms with van der Waals surface area (Å²) in [5, 5.41) is 11.6. The van der Waals surface area contributed by atoms with Gasteiger partial charge in [-0.05, 0) is 35.7 Å². The molecule has 110 valence electrons. The Morgan fingerprint density at radius 1 is 1.19 bits per heavy atom. The van der Waals surface area contributed by atoms with Gasteiger partial charge >= 0.3 is 5.69 Å². The average Bonchev–Trinajstić information content (AvgIpc) is 2.49. The summed E-state index contributed by atoms with van der Waals surface area (Å²) in [4.78, 5) is 10.6. The van der Waals surface area contributed by atoms with E-state index in [1.807, 2.05) is 6.92 Å². The van der Waals surface area contributed by atoms with E-state index in [-0.39, 0.29) is 17.2 Å². The molecule has 0 radical (unpaired) electrons. The number of nitro benzene ring substituents is 1. The Morgan fingerprint density at radius 3 is 2.43 bits per heavy atom. The number of alkyl halides is 1. The van der Waals surface area contributed by atoms with Crippen LogP contribution in [0.5, 0.6) is 11.5 Å². The van der Waals surface area contributed by atoms with Crippen LogP contribution in [-0.4, -0.2) is 4.92 Å². The quantitative estimate of drug-likeness (QED) is 0.432. The molecule has 0 spiro atoms. The lowest BCUT2D eigenvalue weighted by atomic mass is 10.1. The second-order valence-corrected chi connectivity index (χ2v) is 4.97. The molecule has 0 N–H and O–H groups in total. The molecule has 2 rings (SSSR count). The van der Waals surface area contributed by atoms with Gasteiger partial charge in [-0.2, -0.15) is 0 Å². The molecule has 0 aliphatic carbocycles. The molecule has 0 aromatic heterocycles. The Kier molecular flexibility index (Phi) is 4.90. The highest BCUT2D eigenvalue weighted by Crippen LogP contribution is 2.33. The summed E-state index contributed by atoms with van der Waals surface area (Å²) in [6, 6.07) is 9.15. The third-order valence-corrected chi connectivity index (χ3v) is 3.65. The van der Waals surface area contributed by atoms with Crippen molar-refractivity contribution in [2.45, 2.75) is 18.7 Å². The number of nitro groups is 1. The molecule has 0 bridgehead atoms. The third-order valence-electron chi connectivity index (χ3n) is 3.00. The molecule has 0 unspecified atom stereocenters. The van der Waals surface area contributed by atoms with Crippen molar-refractivity contribution >= 4 is 21.6 Å². The zero-order valence-corrected chi connectivity index (χ0v) is 12.9. The summed E-state index contributed by atoms with van der Waals surface area (Å²) in [6.45, 7) is 1.90. The van der Waals surface area contributed by atoms with E-state index < -0.39 is 10.7 Å². The molecule has 0 aliphatic rings. The molecule has 0 saturated carbocycles. The molecule has 0 heterocycles. The zero-order chi connectivity index (χ0) is 15.4. The van der Waals surface area contributed by atoms with Crippen molar-refractivity contribution in [2.75, 3.05) is 0 Å². The Hall–Kier alpha value is -1.95. The first-order valence-corrected chi connectivity index (χ1v) is 7.46. The van der Waals surface area contributed by atoms with Gasteiger partial charge in [0.1, 0.15) is 0 Å². The molecule has 0 aliphatic heterocycles. The molecule has 0 fully saturated rings. The lowest BCUT2D eigenvalue weighted by molar-refractivity contribution is -0.385. The Bertz CT molecular complexity index is 676. The first kappa shape index (κ1) is 15.4. The van der Waals surface area contributed by atoms with Crippen LogP contribution in [0.3, 0.4) is 0 Å². The molecule has 0 saturated heterocycles. The molecular weight excluding hydrogens is 341 g/mol. The first-order valence-electron chi connectivity index (χ1n) is 6.34. The predicted octanol–water partition coefficient (Wildman–Crippen LogP) is 4.98. The monoisotopic (exact) mass is 353 g/mol. The van der Waals surface area contributed by atoms with Crippen LogP contribution in [0.4, 0.5) is 10.1 Å². The molecule has 21 heavy (non-hydrogen) atoms. The van der Waals surface area contributed by atoms with Crippen molar-refractivity contribution in [1.29, 1.82) is 0 Å². The van der Waals surface area contributed by atoms with Gasteiger partial charge in [0.2, 0.25) is 5.75 Å². The summed E-state index contributed by atoms with van der Waals surface area (Å²) < 4.78 is 19.3. The smallest absolute Gasteiger partial charge is 0.311 e. The molecule has 0 atom stereocenters. The van der Waals surface area contributed by atoms with E-state index in [4.69, 9.17) is 4.74 Å². The summed E-state index contributed by atoms with van der Waals surface area (Å²) in [6.07, 6.45) is 0.676. The summed E-state index contributed by atoms with van der Waals surface area (Å²) >= 11 is 3.23. The van der Waals surface area contributed by atoms with E-state index >= 15 is 0 Å². The molecule has 4 nitrogen and oxygen atoms in total. The fourth-order valence-electron chi connectivity index (χ4n) is 1.84. The van der Waals surface area contributed by atoms with Crippen LogP contribution in [0.1, 0.15) is 18.1 Å². The summed E-state index contributed by atoms with van der Waals surface area (Å²) in [7, 11) is 0. The number of rotatable bonds is 5. The van der Waals surface area contributed by atoms with Crippen LogP contribution in [0, 0.1) is 15.9 Å². The van der Waals surface area contributed by atoms with Crippen LogP contribution < -0.4 is 4.74 Å². The van der Waals surface area contributed by atoms with Crippen molar-refractivity contribution in [3.63, 3.8) is 0 Å². The highest BCUT2D eigenvalue weighted by Gasteiger charge is 2.18. The minimum absolute atomic E-state index is 0.0303.